The third-order valence-corrected chi connectivity index (χ3v) is 5.22. The van der Waals surface area contributed by atoms with Crippen molar-refractivity contribution in [2.24, 2.45) is 0 Å². The van der Waals surface area contributed by atoms with Crippen molar-refractivity contribution in [2.75, 3.05) is 4.72 Å². The van der Waals surface area contributed by atoms with E-state index in [1.165, 1.54) is 6.07 Å². The number of carbonyl (C=O) groups is 1. The molecule has 0 bridgehead atoms. The van der Waals surface area contributed by atoms with Gasteiger partial charge >= 0.3 is 5.97 Å². The molecular weight excluding hydrogens is 331 g/mol. The van der Waals surface area contributed by atoms with E-state index < -0.39 is 31.7 Å². The van der Waals surface area contributed by atoms with E-state index in [0.717, 1.165) is 17.6 Å². The first-order chi connectivity index (χ1) is 9.31. The van der Waals surface area contributed by atoms with Gasteiger partial charge in [0.2, 0.25) is 0 Å². The maximum Gasteiger partial charge on any atom is 0.356 e. The number of thiazole rings is 1. The lowest BCUT2D eigenvalue weighted by Crippen LogP contribution is -2.15. The Morgan fingerprint density at radius 3 is 2.80 bits per heavy atom. The second-order valence-corrected chi connectivity index (χ2v) is 6.66. The van der Waals surface area contributed by atoms with E-state index in [2.05, 4.69) is 4.98 Å². The first-order valence-corrected chi connectivity index (χ1v) is 7.70. The van der Waals surface area contributed by atoms with Crippen molar-refractivity contribution in [1.29, 1.82) is 0 Å². The lowest BCUT2D eigenvalue weighted by molar-refractivity contribution is 0.0687. The van der Waals surface area contributed by atoms with E-state index in [-0.39, 0.29) is 10.7 Å². The van der Waals surface area contributed by atoms with Gasteiger partial charge in [0.25, 0.3) is 10.0 Å². The van der Waals surface area contributed by atoms with Crippen LogP contribution in [0.25, 0.3) is 0 Å². The Morgan fingerprint density at radius 2 is 2.15 bits per heavy atom. The molecule has 0 spiro atoms. The Bertz CT molecular complexity index is 775. The van der Waals surface area contributed by atoms with Crippen molar-refractivity contribution in [3.63, 3.8) is 0 Å². The van der Waals surface area contributed by atoms with Crippen LogP contribution in [0, 0.1) is 5.82 Å². The van der Waals surface area contributed by atoms with Gasteiger partial charge in [-0.3, -0.25) is 4.72 Å². The third kappa shape index (κ3) is 2.89. The highest BCUT2D eigenvalue weighted by Crippen LogP contribution is 2.28. The van der Waals surface area contributed by atoms with E-state index in [4.69, 9.17) is 16.7 Å². The Hall–Kier alpha value is -1.71. The molecule has 0 saturated heterocycles. The van der Waals surface area contributed by atoms with Crippen LogP contribution in [0.15, 0.2) is 27.9 Å². The fourth-order valence-corrected chi connectivity index (χ4v) is 3.77. The van der Waals surface area contributed by atoms with Gasteiger partial charge in [-0.1, -0.05) is 11.6 Å². The summed E-state index contributed by atoms with van der Waals surface area (Å²) in [7, 11) is -4.21. The molecule has 0 aliphatic heterocycles. The van der Waals surface area contributed by atoms with Crippen molar-refractivity contribution in [3.05, 3.63) is 40.2 Å². The summed E-state index contributed by atoms with van der Waals surface area (Å²) in [6.07, 6.45) is 0. The fraction of sp³-hybridized carbons (Fsp3) is 0. The Kier molecular flexibility index (Phi) is 3.93. The summed E-state index contributed by atoms with van der Waals surface area (Å²) < 4.78 is 38.8. The number of hydrogen-bond acceptors (Lipinski definition) is 5. The van der Waals surface area contributed by atoms with Gasteiger partial charge in [0.15, 0.2) is 9.90 Å². The molecule has 2 aromatic rings. The molecule has 1 aromatic heterocycles. The third-order valence-electron chi connectivity index (χ3n) is 2.15. The van der Waals surface area contributed by atoms with Crippen LogP contribution in [0.2, 0.25) is 5.02 Å². The second kappa shape index (κ2) is 5.35. The molecule has 106 valence electrons. The Labute approximate surface area is 121 Å². The smallest absolute Gasteiger partial charge is 0.356 e. The molecule has 20 heavy (non-hydrogen) atoms. The van der Waals surface area contributed by atoms with Crippen LogP contribution in [0.5, 0.6) is 0 Å². The number of nitrogens with zero attached hydrogens (tertiary/aromatic N) is 1. The normalized spacial score (nSPS) is 11.3. The van der Waals surface area contributed by atoms with Crippen LogP contribution in [-0.2, 0) is 10.0 Å². The van der Waals surface area contributed by atoms with Crippen molar-refractivity contribution in [2.45, 2.75) is 4.21 Å². The Balaban J connectivity index is 2.44. The number of nitrogens with one attached hydrogen (secondary N) is 1. The van der Waals surface area contributed by atoms with Gasteiger partial charge < -0.3 is 5.11 Å². The molecule has 0 amide bonds. The van der Waals surface area contributed by atoms with Crippen molar-refractivity contribution in [1.82, 2.24) is 4.98 Å². The van der Waals surface area contributed by atoms with Gasteiger partial charge in [0, 0.05) is 0 Å². The maximum atomic E-state index is 13.1. The highest BCUT2D eigenvalue weighted by molar-refractivity contribution is 7.94. The average molecular weight is 337 g/mol. The van der Waals surface area contributed by atoms with Crippen LogP contribution >= 0.6 is 22.9 Å². The number of aromatic carboxylic acids is 1. The number of benzene rings is 1. The molecule has 0 saturated carbocycles. The van der Waals surface area contributed by atoms with Crippen LogP contribution in [-0.4, -0.2) is 24.5 Å². The Morgan fingerprint density at radius 1 is 1.45 bits per heavy atom. The van der Waals surface area contributed by atoms with E-state index in [1.807, 2.05) is 4.72 Å². The molecule has 10 heteroatoms. The molecule has 2 N–H and O–H groups in total. The van der Waals surface area contributed by atoms with Crippen molar-refractivity contribution in [3.8, 4) is 0 Å². The molecule has 0 fully saturated rings. The average Bonchev–Trinajstić information content (AvgIpc) is 2.83. The van der Waals surface area contributed by atoms with Gasteiger partial charge in [-0.15, -0.1) is 11.3 Å². The summed E-state index contributed by atoms with van der Waals surface area (Å²) >= 11 is 6.38. The number of carboxylic acid groups (broad SMARTS) is 1. The number of rotatable bonds is 4. The predicted molar refractivity (Wildman–Crippen MR) is 71.3 cm³/mol. The molecule has 0 aliphatic carbocycles. The highest BCUT2D eigenvalue weighted by Gasteiger charge is 2.26. The zero-order chi connectivity index (χ0) is 14.9. The van der Waals surface area contributed by atoms with E-state index in [9.17, 15) is 17.6 Å². The number of sulfonamides is 1. The number of halogens is 2. The minimum absolute atomic E-state index is 0.0173. The van der Waals surface area contributed by atoms with Crippen LogP contribution < -0.4 is 4.72 Å². The molecule has 0 atom stereocenters. The monoisotopic (exact) mass is 336 g/mol. The number of anilines is 1. The van der Waals surface area contributed by atoms with Gasteiger partial charge in [0.05, 0.1) is 16.2 Å². The largest absolute Gasteiger partial charge is 0.476 e. The molecule has 1 heterocycles. The van der Waals surface area contributed by atoms with Gasteiger partial charge in [-0.2, -0.15) is 0 Å². The molecule has 0 radical (unpaired) electrons. The topological polar surface area (TPSA) is 96.4 Å². The van der Waals surface area contributed by atoms with Gasteiger partial charge in [-0.05, 0) is 18.2 Å². The summed E-state index contributed by atoms with van der Waals surface area (Å²) in [5, 5.41) is 8.83. The van der Waals surface area contributed by atoms with Crippen LogP contribution in [0.1, 0.15) is 10.5 Å². The lowest BCUT2D eigenvalue weighted by Gasteiger charge is -2.08. The maximum absolute atomic E-state index is 13.1. The molecule has 0 unspecified atom stereocenters. The summed E-state index contributed by atoms with van der Waals surface area (Å²) in [6.45, 7) is 0. The standard InChI is InChI=1S/C10H6ClFN2O4S2/c11-6-2-1-5(12)3-7(6)14-20(17,18)10-8(9(15)16)13-4-19-10/h1-4,14H,(H,15,16). The van der Waals surface area contributed by atoms with E-state index in [0.29, 0.717) is 11.3 Å². The summed E-state index contributed by atoms with van der Waals surface area (Å²) in [5.41, 5.74) is 0.303. The first-order valence-electron chi connectivity index (χ1n) is 4.96. The lowest BCUT2D eigenvalue weighted by atomic mass is 10.3. The first kappa shape index (κ1) is 14.7. The van der Waals surface area contributed by atoms with Crippen LogP contribution in [0.3, 0.4) is 0 Å². The molecule has 2 rings (SSSR count). The fourth-order valence-electron chi connectivity index (χ4n) is 1.34. The summed E-state index contributed by atoms with van der Waals surface area (Å²) in [5.74, 6) is -2.16. The second-order valence-electron chi connectivity index (χ2n) is 3.52. The van der Waals surface area contributed by atoms with Crippen molar-refractivity contribution < 1.29 is 22.7 Å². The zero-order valence-corrected chi connectivity index (χ0v) is 11.9. The molecule has 1 aromatic carbocycles. The summed E-state index contributed by atoms with van der Waals surface area (Å²) in [4.78, 5) is 14.3. The highest BCUT2D eigenvalue weighted by atomic mass is 35.5. The number of carboxylic acids is 1. The van der Waals surface area contributed by atoms with E-state index >= 15 is 0 Å². The molecular formula is C10H6ClFN2O4S2. The minimum Gasteiger partial charge on any atom is -0.476 e. The van der Waals surface area contributed by atoms with Gasteiger partial charge in [-0.25, -0.2) is 22.6 Å². The predicted octanol–water partition coefficient (Wildman–Crippen LogP) is 2.43. The summed E-state index contributed by atoms with van der Waals surface area (Å²) in [6, 6.07) is 3.14. The molecule has 6 nitrogen and oxygen atoms in total. The van der Waals surface area contributed by atoms with Crippen LogP contribution in [0.4, 0.5) is 10.1 Å². The zero-order valence-electron chi connectivity index (χ0n) is 9.50. The van der Waals surface area contributed by atoms with Gasteiger partial charge in [0.1, 0.15) is 5.82 Å². The number of aromatic nitrogens is 1. The number of hydrogen-bond donors (Lipinski definition) is 2. The van der Waals surface area contributed by atoms with E-state index in [1.54, 1.807) is 0 Å². The van der Waals surface area contributed by atoms with Crippen molar-refractivity contribution >= 4 is 44.6 Å². The molecule has 0 aliphatic rings. The minimum atomic E-state index is -4.21. The quantitative estimate of drug-likeness (QED) is 0.893. The SMILES string of the molecule is O=C(O)c1ncsc1S(=O)(=O)Nc1cc(F)ccc1Cl.